The molecule has 0 aromatic heterocycles. The van der Waals surface area contributed by atoms with Crippen molar-refractivity contribution in [3.8, 4) is 0 Å². The van der Waals surface area contributed by atoms with E-state index in [-0.39, 0.29) is 18.9 Å². The second kappa shape index (κ2) is 31.1. The van der Waals surface area contributed by atoms with Gasteiger partial charge >= 0.3 is 24.8 Å². The zero-order chi connectivity index (χ0) is 24.2. The van der Waals surface area contributed by atoms with Crippen LogP contribution in [0.1, 0.15) is 174 Å². The molecule has 1 atom stereocenters. The van der Waals surface area contributed by atoms with Crippen LogP contribution in [0.4, 0.5) is 0 Å². The molecule has 0 saturated heterocycles. The molecule has 0 aliphatic rings. The first-order valence-electron chi connectivity index (χ1n) is 15.1. The average molecular weight is 477 g/mol. The summed E-state index contributed by atoms with van der Waals surface area (Å²) in [5.74, 6) is -0.416. The fourth-order valence-corrected chi connectivity index (χ4v) is 4.51. The minimum atomic E-state index is -0.926. The van der Waals surface area contributed by atoms with Crippen molar-refractivity contribution in [3.63, 3.8) is 0 Å². The molecule has 1 unspecified atom stereocenters. The minimum absolute atomic E-state index is 0. The number of hydrogen-bond donors (Lipinski definition) is 1. The Morgan fingerprint density at radius 3 is 1.18 bits per heavy atom. The molecule has 1 N–H and O–H groups in total. The summed E-state index contributed by atoms with van der Waals surface area (Å²) >= 11 is 0. The third-order valence-electron chi connectivity index (χ3n) is 6.85. The van der Waals surface area contributed by atoms with Crippen molar-refractivity contribution in [3.05, 3.63) is 0 Å². The third kappa shape index (κ3) is 28.3. The van der Waals surface area contributed by atoms with Crippen LogP contribution in [0.5, 0.6) is 0 Å². The predicted molar refractivity (Wildman–Crippen MR) is 151 cm³/mol. The van der Waals surface area contributed by atoms with Crippen molar-refractivity contribution in [2.75, 3.05) is 6.61 Å². The van der Waals surface area contributed by atoms with Crippen LogP contribution in [0.15, 0.2) is 0 Å². The molecule has 0 fully saturated rings. The van der Waals surface area contributed by atoms with Crippen molar-refractivity contribution >= 4 is 24.8 Å². The van der Waals surface area contributed by atoms with Crippen LogP contribution >= 0.6 is 0 Å². The van der Waals surface area contributed by atoms with Gasteiger partial charge in [-0.25, -0.2) is 4.79 Å². The SMILES string of the molecule is CCCCCCCCCCCCCCCCC(O)C(=O)OCCCCCCCCCCCC.[LiH]. The van der Waals surface area contributed by atoms with E-state index in [4.69, 9.17) is 4.74 Å². The van der Waals surface area contributed by atoms with E-state index >= 15 is 0 Å². The van der Waals surface area contributed by atoms with Crippen LogP contribution in [0.2, 0.25) is 0 Å². The standard InChI is InChI=1S/C30H60O3.Li.H/c1-3-5-7-9-11-13-15-16-17-18-19-21-23-25-27-29(31)30(32)33-28-26-24-22-20-14-12-10-8-6-4-2;;/h29,31H,3-28H2,1-2H3;;. The molecule has 0 aliphatic heterocycles. The molecule has 0 spiro atoms. The Balaban J connectivity index is 0. The van der Waals surface area contributed by atoms with E-state index in [2.05, 4.69) is 13.8 Å². The van der Waals surface area contributed by atoms with Gasteiger partial charge in [0, 0.05) is 0 Å². The van der Waals surface area contributed by atoms with Crippen LogP contribution in [-0.4, -0.2) is 42.6 Å². The molecule has 0 radical (unpaired) electrons. The predicted octanol–water partition coefficient (Wildman–Crippen LogP) is 9.03. The van der Waals surface area contributed by atoms with E-state index in [1.54, 1.807) is 0 Å². The van der Waals surface area contributed by atoms with Crippen LogP contribution < -0.4 is 0 Å². The van der Waals surface area contributed by atoms with Gasteiger partial charge in [-0.1, -0.05) is 162 Å². The van der Waals surface area contributed by atoms with E-state index in [0.717, 1.165) is 25.7 Å². The van der Waals surface area contributed by atoms with E-state index in [9.17, 15) is 9.90 Å². The summed E-state index contributed by atoms with van der Waals surface area (Å²) < 4.78 is 5.26. The molecule has 3 nitrogen and oxygen atoms in total. The summed E-state index contributed by atoms with van der Waals surface area (Å²) in [6.45, 7) is 4.99. The molecule has 34 heavy (non-hydrogen) atoms. The fourth-order valence-electron chi connectivity index (χ4n) is 4.51. The summed E-state index contributed by atoms with van der Waals surface area (Å²) in [4.78, 5) is 11.9. The van der Waals surface area contributed by atoms with Crippen LogP contribution in [-0.2, 0) is 9.53 Å². The van der Waals surface area contributed by atoms with E-state index < -0.39 is 12.1 Å². The molecule has 0 aromatic carbocycles. The summed E-state index contributed by atoms with van der Waals surface area (Å²) in [6.07, 6.45) is 30.8. The second-order valence-electron chi connectivity index (χ2n) is 10.3. The summed E-state index contributed by atoms with van der Waals surface area (Å²) in [6, 6.07) is 0. The summed E-state index contributed by atoms with van der Waals surface area (Å²) in [5, 5.41) is 10.00. The normalized spacial score (nSPS) is 11.9. The van der Waals surface area contributed by atoms with Gasteiger partial charge in [0.1, 0.15) is 0 Å². The maximum absolute atomic E-state index is 11.9. The number of ether oxygens (including phenoxy) is 1. The zero-order valence-electron chi connectivity index (χ0n) is 22.7. The number of carbonyl (C=O) groups excluding carboxylic acids is 1. The van der Waals surface area contributed by atoms with Gasteiger partial charge < -0.3 is 9.84 Å². The zero-order valence-corrected chi connectivity index (χ0v) is 22.7. The van der Waals surface area contributed by atoms with Crippen molar-refractivity contribution in [2.45, 2.75) is 180 Å². The van der Waals surface area contributed by atoms with Gasteiger partial charge in [0.15, 0.2) is 6.10 Å². The van der Waals surface area contributed by atoms with Crippen molar-refractivity contribution < 1.29 is 14.6 Å². The molecule has 0 aromatic rings. The molecule has 0 amide bonds. The monoisotopic (exact) mass is 476 g/mol. The average Bonchev–Trinajstić information content (AvgIpc) is 2.82. The number of rotatable bonds is 27. The number of aliphatic hydroxyl groups is 1. The number of carbonyl (C=O) groups is 1. The summed E-state index contributed by atoms with van der Waals surface area (Å²) in [7, 11) is 0. The Morgan fingerprint density at radius 1 is 0.529 bits per heavy atom. The van der Waals surface area contributed by atoms with Crippen LogP contribution in [0.25, 0.3) is 0 Å². The van der Waals surface area contributed by atoms with Crippen molar-refractivity contribution in [1.29, 1.82) is 0 Å². The Labute approximate surface area is 226 Å². The molecule has 0 rings (SSSR count). The first kappa shape index (κ1) is 36.2. The quantitative estimate of drug-likeness (QED) is 0.0730. The number of esters is 1. The van der Waals surface area contributed by atoms with E-state index in [1.165, 1.54) is 128 Å². The molecule has 0 heterocycles. The van der Waals surface area contributed by atoms with Crippen molar-refractivity contribution in [2.24, 2.45) is 0 Å². The van der Waals surface area contributed by atoms with Gasteiger partial charge in [0.2, 0.25) is 0 Å². The first-order valence-corrected chi connectivity index (χ1v) is 15.1. The number of hydrogen-bond acceptors (Lipinski definition) is 3. The molecule has 4 heteroatoms. The van der Waals surface area contributed by atoms with Gasteiger partial charge in [-0.15, -0.1) is 0 Å². The first-order chi connectivity index (χ1) is 16.2. The van der Waals surface area contributed by atoms with Gasteiger partial charge in [-0.3, -0.25) is 0 Å². The van der Waals surface area contributed by atoms with Gasteiger partial charge in [0.05, 0.1) is 6.61 Å². The van der Waals surface area contributed by atoms with Crippen LogP contribution in [0.3, 0.4) is 0 Å². The molecule has 0 saturated carbocycles. The van der Waals surface area contributed by atoms with Gasteiger partial charge in [-0.2, -0.15) is 0 Å². The fraction of sp³-hybridized carbons (Fsp3) is 0.967. The Kier molecular flexibility index (Phi) is 33.1. The van der Waals surface area contributed by atoms with Gasteiger partial charge in [0.25, 0.3) is 0 Å². The Hall–Kier alpha value is 0.0274. The topological polar surface area (TPSA) is 46.5 Å². The molecule has 0 bridgehead atoms. The molecular formula is C30H61LiO3. The maximum atomic E-state index is 11.9. The third-order valence-corrected chi connectivity index (χ3v) is 6.85. The molecule has 200 valence electrons. The Bertz CT molecular complexity index is 389. The van der Waals surface area contributed by atoms with E-state index in [0.29, 0.717) is 13.0 Å². The number of unbranched alkanes of at least 4 members (excludes halogenated alkanes) is 22. The van der Waals surface area contributed by atoms with Gasteiger partial charge in [-0.05, 0) is 12.8 Å². The summed E-state index contributed by atoms with van der Waals surface area (Å²) in [5.41, 5.74) is 0. The number of aliphatic hydroxyl groups excluding tert-OH is 1. The van der Waals surface area contributed by atoms with E-state index in [1.807, 2.05) is 0 Å². The van der Waals surface area contributed by atoms with Crippen molar-refractivity contribution in [1.82, 2.24) is 0 Å². The molecule has 0 aliphatic carbocycles. The second-order valence-corrected chi connectivity index (χ2v) is 10.3. The molecular weight excluding hydrogens is 415 g/mol. The van der Waals surface area contributed by atoms with Crippen LogP contribution in [0, 0.1) is 0 Å². The Morgan fingerprint density at radius 2 is 0.824 bits per heavy atom.